The lowest BCUT2D eigenvalue weighted by Gasteiger charge is -2.09. The second kappa shape index (κ2) is 11.5. The number of para-hydroxylation sites is 1. The average Bonchev–Trinajstić information content (AvgIpc) is 3.14. The average molecular weight is 547 g/mol. The number of amides is 1. The summed E-state index contributed by atoms with van der Waals surface area (Å²) in [6.45, 7) is 1.20. The predicted octanol–water partition coefficient (Wildman–Crippen LogP) is 4.99. The molecule has 0 aliphatic carbocycles. The van der Waals surface area contributed by atoms with Gasteiger partial charge in [-0.25, -0.2) is 4.79 Å². The molecule has 176 valence electrons. The van der Waals surface area contributed by atoms with Gasteiger partial charge in [0.05, 0.1) is 21.7 Å². The zero-order valence-electron chi connectivity index (χ0n) is 17.9. The molecule has 0 saturated heterocycles. The number of benzene rings is 2. The second-order valence-electron chi connectivity index (χ2n) is 6.81. The highest BCUT2D eigenvalue weighted by atomic mass is 79.9. The van der Waals surface area contributed by atoms with Crippen LogP contribution in [0.25, 0.3) is 11.1 Å². The maximum Gasteiger partial charge on any atom is 0.341 e. The normalized spacial score (nSPS) is 10.4. The van der Waals surface area contributed by atoms with Gasteiger partial charge in [0.1, 0.15) is 10.6 Å². The van der Waals surface area contributed by atoms with Crippen LogP contribution in [0.5, 0.6) is 0 Å². The van der Waals surface area contributed by atoms with Gasteiger partial charge in [-0.3, -0.25) is 19.7 Å². The van der Waals surface area contributed by atoms with E-state index in [9.17, 15) is 24.5 Å². The number of nitro benzene ring substituents is 1. The lowest BCUT2D eigenvalue weighted by atomic mass is 10.0. The molecule has 3 rings (SSSR count). The first kappa shape index (κ1) is 25.1. The quantitative estimate of drug-likeness (QED) is 0.227. The van der Waals surface area contributed by atoms with Crippen molar-refractivity contribution >= 4 is 55.8 Å². The molecule has 0 aliphatic heterocycles. The van der Waals surface area contributed by atoms with Gasteiger partial charge in [-0.15, -0.1) is 11.3 Å². The minimum Gasteiger partial charge on any atom is -0.462 e. The fourth-order valence-corrected chi connectivity index (χ4v) is 4.97. The third kappa shape index (κ3) is 6.06. The summed E-state index contributed by atoms with van der Waals surface area (Å²) in [5.74, 6) is -2.07. The van der Waals surface area contributed by atoms with Crippen molar-refractivity contribution in [3.8, 4) is 11.1 Å². The first-order valence-electron chi connectivity index (χ1n) is 10.0. The summed E-state index contributed by atoms with van der Waals surface area (Å²) in [7, 11) is 0. The van der Waals surface area contributed by atoms with Crippen LogP contribution in [0.4, 0.5) is 10.7 Å². The van der Waals surface area contributed by atoms with Crippen LogP contribution in [-0.4, -0.2) is 36.0 Å². The summed E-state index contributed by atoms with van der Waals surface area (Å²) in [5, 5.41) is 13.9. The Labute approximate surface area is 207 Å². The molecule has 11 heteroatoms. The van der Waals surface area contributed by atoms with E-state index in [0.717, 1.165) is 16.9 Å². The summed E-state index contributed by atoms with van der Waals surface area (Å²) in [4.78, 5) is 47.8. The van der Waals surface area contributed by atoms with E-state index in [1.165, 1.54) is 18.2 Å². The van der Waals surface area contributed by atoms with E-state index >= 15 is 0 Å². The number of carbonyl (C=O) groups excluding carboxylic acids is 3. The molecule has 0 unspecified atom stereocenters. The third-order valence-corrected chi connectivity index (χ3v) is 6.32. The van der Waals surface area contributed by atoms with E-state index in [4.69, 9.17) is 9.47 Å². The van der Waals surface area contributed by atoms with Crippen molar-refractivity contribution in [2.45, 2.75) is 13.3 Å². The van der Waals surface area contributed by atoms with E-state index < -0.39 is 29.4 Å². The van der Waals surface area contributed by atoms with Crippen LogP contribution in [0.2, 0.25) is 0 Å². The molecule has 34 heavy (non-hydrogen) atoms. The monoisotopic (exact) mass is 546 g/mol. The summed E-state index contributed by atoms with van der Waals surface area (Å²) in [5.41, 5.74) is 1.49. The molecule has 3 aromatic rings. The van der Waals surface area contributed by atoms with Gasteiger partial charge >= 0.3 is 11.9 Å². The van der Waals surface area contributed by atoms with E-state index in [0.29, 0.717) is 9.35 Å². The molecule has 0 fully saturated rings. The number of nitrogens with one attached hydrogen (secondary N) is 1. The van der Waals surface area contributed by atoms with Crippen LogP contribution in [0.3, 0.4) is 0 Å². The smallest absolute Gasteiger partial charge is 0.341 e. The van der Waals surface area contributed by atoms with Crippen LogP contribution in [0, 0.1) is 10.1 Å². The van der Waals surface area contributed by atoms with E-state index in [1.54, 1.807) is 13.0 Å². The Hall–Kier alpha value is -3.57. The molecule has 1 heterocycles. The zero-order valence-corrected chi connectivity index (χ0v) is 20.3. The Kier molecular flexibility index (Phi) is 8.50. The number of ether oxygens (including phenoxy) is 2. The first-order valence-corrected chi connectivity index (χ1v) is 11.6. The van der Waals surface area contributed by atoms with Crippen LogP contribution in [-0.2, 0) is 25.5 Å². The van der Waals surface area contributed by atoms with E-state index in [1.807, 2.05) is 30.3 Å². The second-order valence-corrected chi connectivity index (χ2v) is 9.15. The largest absolute Gasteiger partial charge is 0.462 e. The standard InChI is InChI=1S/C23H19BrN2O7S/c1-2-32-23(29)20-19(14-8-4-3-5-9-14)21(24)34-22(20)25-17(27)13-33-18(28)12-15-10-6-7-11-16(15)26(30)31/h3-11H,2,12-13H2,1H3,(H,25,27). The van der Waals surface area contributed by atoms with Gasteiger partial charge < -0.3 is 14.8 Å². The van der Waals surface area contributed by atoms with Gasteiger partial charge in [-0.2, -0.15) is 0 Å². The Morgan fingerprint density at radius 1 is 1.06 bits per heavy atom. The van der Waals surface area contributed by atoms with Crippen molar-refractivity contribution in [2.24, 2.45) is 0 Å². The van der Waals surface area contributed by atoms with Gasteiger partial charge in [0.2, 0.25) is 0 Å². The Morgan fingerprint density at radius 3 is 2.41 bits per heavy atom. The molecule has 0 aliphatic rings. The zero-order chi connectivity index (χ0) is 24.7. The van der Waals surface area contributed by atoms with Gasteiger partial charge in [0.15, 0.2) is 6.61 Å². The number of hydrogen-bond acceptors (Lipinski definition) is 8. The number of rotatable bonds is 9. The number of nitrogens with zero attached hydrogens (tertiary/aromatic N) is 1. The Morgan fingerprint density at radius 2 is 1.74 bits per heavy atom. The molecule has 9 nitrogen and oxygen atoms in total. The number of halogens is 1. The van der Waals surface area contributed by atoms with Crippen molar-refractivity contribution in [2.75, 3.05) is 18.5 Å². The molecule has 0 radical (unpaired) electrons. The van der Waals surface area contributed by atoms with Gasteiger partial charge in [-0.1, -0.05) is 48.5 Å². The fraction of sp³-hybridized carbons (Fsp3) is 0.174. The molecular formula is C23H19BrN2O7S. The maximum absolute atomic E-state index is 12.7. The SMILES string of the molecule is CCOC(=O)c1c(NC(=O)COC(=O)Cc2ccccc2[N+](=O)[O-])sc(Br)c1-c1ccccc1. The molecule has 2 aromatic carbocycles. The van der Waals surface area contributed by atoms with E-state index in [-0.39, 0.29) is 34.8 Å². The Balaban J connectivity index is 1.73. The fourth-order valence-electron chi connectivity index (χ4n) is 3.11. The lowest BCUT2D eigenvalue weighted by molar-refractivity contribution is -0.385. The molecule has 0 bridgehead atoms. The van der Waals surface area contributed by atoms with Crippen LogP contribution in [0.15, 0.2) is 58.4 Å². The summed E-state index contributed by atoms with van der Waals surface area (Å²) in [6, 6.07) is 14.9. The van der Waals surface area contributed by atoms with Crippen molar-refractivity contribution in [3.63, 3.8) is 0 Å². The Bertz CT molecular complexity index is 1230. The maximum atomic E-state index is 12.7. The number of hydrogen-bond donors (Lipinski definition) is 1. The number of nitro groups is 1. The lowest BCUT2D eigenvalue weighted by Crippen LogP contribution is -2.22. The summed E-state index contributed by atoms with van der Waals surface area (Å²) >= 11 is 4.58. The molecule has 1 aromatic heterocycles. The molecule has 0 spiro atoms. The van der Waals surface area contributed by atoms with Crippen molar-refractivity contribution in [1.82, 2.24) is 0 Å². The van der Waals surface area contributed by atoms with Crippen molar-refractivity contribution in [3.05, 3.63) is 79.6 Å². The third-order valence-electron chi connectivity index (χ3n) is 4.55. The van der Waals surface area contributed by atoms with Crippen molar-refractivity contribution < 1.29 is 28.8 Å². The van der Waals surface area contributed by atoms with Gasteiger partial charge in [-0.05, 0) is 28.4 Å². The highest BCUT2D eigenvalue weighted by molar-refractivity contribution is 9.11. The highest BCUT2D eigenvalue weighted by Crippen LogP contribution is 2.44. The van der Waals surface area contributed by atoms with Crippen LogP contribution in [0.1, 0.15) is 22.8 Å². The van der Waals surface area contributed by atoms with Crippen molar-refractivity contribution in [1.29, 1.82) is 0 Å². The molecule has 0 atom stereocenters. The number of carbonyl (C=O) groups is 3. The topological polar surface area (TPSA) is 125 Å². The van der Waals surface area contributed by atoms with E-state index in [2.05, 4.69) is 21.2 Å². The minimum atomic E-state index is -0.799. The molecular weight excluding hydrogens is 528 g/mol. The summed E-state index contributed by atoms with van der Waals surface area (Å²) in [6.07, 6.45) is -0.360. The number of thiophene rings is 1. The van der Waals surface area contributed by atoms with Crippen LogP contribution >= 0.6 is 27.3 Å². The van der Waals surface area contributed by atoms with Gasteiger partial charge in [0.25, 0.3) is 11.6 Å². The number of anilines is 1. The molecule has 1 amide bonds. The first-order chi connectivity index (χ1) is 16.3. The molecule has 1 N–H and O–H groups in total. The highest BCUT2D eigenvalue weighted by Gasteiger charge is 2.26. The predicted molar refractivity (Wildman–Crippen MR) is 130 cm³/mol. The minimum absolute atomic E-state index is 0.150. The summed E-state index contributed by atoms with van der Waals surface area (Å²) < 4.78 is 10.8. The molecule has 0 saturated carbocycles. The van der Waals surface area contributed by atoms with Gasteiger partial charge in [0, 0.05) is 17.2 Å². The van der Waals surface area contributed by atoms with Crippen LogP contribution < -0.4 is 5.32 Å². The number of esters is 2.